The summed E-state index contributed by atoms with van der Waals surface area (Å²) in [4.78, 5) is 21.1. The van der Waals surface area contributed by atoms with Gasteiger partial charge in [-0.2, -0.15) is 0 Å². The lowest BCUT2D eigenvalue weighted by atomic mass is 10.3. The van der Waals surface area contributed by atoms with Gasteiger partial charge in [-0.3, -0.25) is 10.1 Å². The molecular formula is C5H8N2O4. The van der Waals surface area contributed by atoms with Crippen LogP contribution in [-0.4, -0.2) is 40.2 Å². The standard InChI is InChI=1S/C5H8N2O4/c8-5(9)6-2-1-4(3-6)7(10)11/h4H,1-3H2,(H,8,9). The maximum Gasteiger partial charge on any atom is 0.407 e. The zero-order chi connectivity index (χ0) is 8.43. The van der Waals surface area contributed by atoms with Gasteiger partial charge in [0.25, 0.3) is 0 Å². The fourth-order valence-corrected chi connectivity index (χ4v) is 1.09. The largest absolute Gasteiger partial charge is 0.465 e. The van der Waals surface area contributed by atoms with Crippen LogP contribution in [0.5, 0.6) is 0 Å². The van der Waals surface area contributed by atoms with E-state index in [1.165, 1.54) is 0 Å². The SMILES string of the molecule is O=C(O)N1CCC([N+](=O)[O-])C1. The number of likely N-dealkylation sites (tertiary alicyclic amines) is 1. The van der Waals surface area contributed by atoms with Crippen molar-refractivity contribution in [1.29, 1.82) is 0 Å². The molecule has 0 radical (unpaired) electrons. The molecule has 1 fully saturated rings. The van der Waals surface area contributed by atoms with Gasteiger partial charge >= 0.3 is 6.09 Å². The van der Waals surface area contributed by atoms with E-state index >= 15 is 0 Å². The summed E-state index contributed by atoms with van der Waals surface area (Å²) in [6, 6.07) is -0.703. The molecule has 0 aromatic rings. The average molecular weight is 160 g/mol. The maximum absolute atomic E-state index is 10.3. The zero-order valence-electron chi connectivity index (χ0n) is 5.77. The molecule has 1 aliphatic heterocycles. The first-order valence-corrected chi connectivity index (χ1v) is 3.22. The smallest absolute Gasteiger partial charge is 0.407 e. The second-order valence-corrected chi connectivity index (χ2v) is 2.46. The average Bonchev–Trinajstić information content (AvgIpc) is 2.33. The van der Waals surface area contributed by atoms with Crippen LogP contribution in [0.1, 0.15) is 6.42 Å². The van der Waals surface area contributed by atoms with Gasteiger partial charge in [0.15, 0.2) is 0 Å². The normalized spacial score (nSPS) is 23.6. The van der Waals surface area contributed by atoms with Crippen molar-refractivity contribution in [2.45, 2.75) is 12.5 Å². The summed E-state index contributed by atoms with van der Waals surface area (Å²) in [7, 11) is 0. The van der Waals surface area contributed by atoms with Gasteiger partial charge in [-0.1, -0.05) is 0 Å². The third-order valence-corrected chi connectivity index (χ3v) is 1.73. The van der Waals surface area contributed by atoms with E-state index in [2.05, 4.69) is 0 Å². The van der Waals surface area contributed by atoms with Gasteiger partial charge < -0.3 is 10.0 Å². The highest BCUT2D eigenvalue weighted by Gasteiger charge is 2.33. The summed E-state index contributed by atoms with van der Waals surface area (Å²) >= 11 is 0. The van der Waals surface area contributed by atoms with Crippen molar-refractivity contribution < 1.29 is 14.8 Å². The fraction of sp³-hybridized carbons (Fsp3) is 0.800. The summed E-state index contributed by atoms with van der Waals surface area (Å²) in [5.41, 5.74) is 0. The summed E-state index contributed by atoms with van der Waals surface area (Å²) < 4.78 is 0. The summed E-state index contributed by atoms with van der Waals surface area (Å²) in [6.07, 6.45) is -0.742. The zero-order valence-corrected chi connectivity index (χ0v) is 5.77. The van der Waals surface area contributed by atoms with Crippen LogP contribution in [0.15, 0.2) is 0 Å². The molecule has 6 heteroatoms. The first-order valence-electron chi connectivity index (χ1n) is 3.22. The third kappa shape index (κ3) is 1.57. The first kappa shape index (κ1) is 7.77. The van der Waals surface area contributed by atoms with Gasteiger partial charge in [0.05, 0.1) is 6.54 Å². The quantitative estimate of drug-likeness (QED) is 0.432. The molecule has 1 N–H and O–H groups in total. The Hall–Kier alpha value is -1.33. The predicted octanol–water partition coefficient (Wildman–Crippen LogP) is 0.0154. The van der Waals surface area contributed by atoms with Crippen molar-refractivity contribution >= 4 is 6.09 Å². The number of hydrogen-bond acceptors (Lipinski definition) is 3. The number of nitro groups is 1. The minimum Gasteiger partial charge on any atom is -0.465 e. The van der Waals surface area contributed by atoms with E-state index in [0.717, 1.165) is 4.90 Å². The molecule has 0 spiro atoms. The van der Waals surface area contributed by atoms with Gasteiger partial charge in [-0.25, -0.2) is 4.79 Å². The molecule has 1 unspecified atom stereocenters. The Morgan fingerprint density at radius 2 is 2.36 bits per heavy atom. The Bertz CT molecular complexity index is 173. The van der Waals surface area contributed by atoms with Crippen LogP contribution in [0, 0.1) is 10.1 Å². The van der Waals surface area contributed by atoms with Crippen molar-refractivity contribution in [1.82, 2.24) is 4.90 Å². The van der Waals surface area contributed by atoms with E-state index in [-0.39, 0.29) is 13.1 Å². The Balaban J connectivity index is 2.47. The number of carboxylic acid groups (broad SMARTS) is 1. The highest BCUT2D eigenvalue weighted by molar-refractivity contribution is 5.65. The third-order valence-electron chi connectivity index (χ3n) is 1.73. The summed E-state index contributed by atoms with van der Waals surface area (Å²) in [6.45, 7) is 0.309. The van der Waals surface area contributed by atoms with Gasteiger partial charge in [0.2, 0.25) is 6.04 Å². The van der Waals surface area contributed by atoms with E-state index in [1.807, 2.05) is 0 Å². The van der Waals surface area contributed by atoms with Gasteiger partial charge in [-0.05, 0) is 0 Å². The Labute approximate surface area is 62.6 Å². The van der Waals surface area contributed by atoms with Crippen molar-refractivity contribution in [2.24, 2.45) is 0 Å². The monoisotopic (exact) mass is 160 g/mol. The van der Waals surface area contributed by atoms with Crippen molar-refractivity contribution in [3.8, 4) is 0 Å². The van der Waals surface area contributed by atoms with Crippen LogP contribution >= 0.6 is 0 Å². The number of nitrogens with zero attached hydrogens (tertiary/aromatic N) is 2. The van der Waals surface area contributed by atoms with Crippen LogP contribution < -0.4 is 0 Å². The second-order valence-electron chi connectivity index (χ2n) is 2.46. The Morgan fingerprint density at radius 3 is 2.64 bits per heavy atom. The number of rotatable bonds is 1. The molecule has 0 aliphatic carbocycles. The molecule has 0 aromatic heterocycles. The molecule has 0 bridgehead atoms. The van der Waals surface area contributed by atoms with Crippen molar-refractivity contribution in [2.75, 3.05) is 13.1 Å². The molecule has 6 nitrogen and oxygen atoms in total. The van der Waals surface area contributed by atoms with Gasteiger partial charge in [0.1, 0.15) is 0 Å². The molecule has 1 rings (SSSR count). The minimum atomic E-state index is -1.07. The molecule has 0 saturated carbocycles. The second kappa shape index (κ2) is 2.73. The highest BCUT2D eigenvalue weighted by atomic mass is 16.6. The Kier molecular flexibility index (Phi) is 1.93. The van der Waals surface area contributed by atoms with E-state index in [9.17, 15) is 14.9 Å². The molecule has 11 heavy (non-hydrogen) atoms. The van der Waals surface area contributed by atoms with E-state index in [0.29, 0.717) is 6.42 Å². The topological polar surface area (TPSA) is 83.7 Å². The molecule has 1 amide bonds. The summed E-state index contributed by atoms with van der Waals surface area (Å²) in [5.74, 6) is 0. The van der Waals surface area contributed by atoms with Gasteiger partial charge in [-0.15, -0.1) is 0 Å². The number of amides is 1. The van der Waals surface area contributed by atoms with Crippen LogP contribution in [0.3, 0.4) is 0 Å². The lowest BCUT2D eigenvalue weighted by Crippen LogP contribution is -2.30. The predicted molar refractivity (Wildman–Crippen MR) is 35.0 cm³/mol. The maximum atomic E-state index is 10.3. The lowest BCUT2D eigenvalue weighted by Gasteiger charge is -2.07. The van der Waals surface area contributed by atoms with Crippen molar-refractivity contribution in [3.05, 3.63) is 10.1 Å². The number of carbonyl (C=O) groups is 1. The molecule has 1 saturated heterocycles. The van der Waals surface area contributed by atoms with Crippen LogP contribution in [0.25, 0.3) is 0 Å². The highest BCUT2D eigenvalue weighted by Crippen LogP contribution is 2.11. The Morgan fingerprint density at radius 1 is 1.73 bits per heavy atom. The van der Waals surface area contributed by atoms with Crippen LogP contribution in [0.4, 0.5) is 4.79 Å². The van der Waals surface area contributed by atoms with Crippen molar-refractivity contribution in [3.63, 3.8) is 0 Å². The molecule has 1 atom stereocenters. The summed E-state index contributed by atoms with van der Waals surface area (Å²) in [5, 5.41) is 18.6. The lowest BCUT2D eigenvalue weighted by molar-refractivity contribution is -0.517. The number of hydrogen-bond donors (Lipinski definition) is 1. The van der Waals surface area contributed by atoms with E-state index < -0.39 is 17.1 Å². The fourth-order valence-electron chi connectivity index (χ4n) is 1.09. The minimum absolute atomic E-state index is 0.0301. The van der Waals surface area contributed by atoms with Crippen LogP contribution in [-0.2, 0) is 0 Å². The van der Waals surface area contributed by atoms with Crippen LogP contribution in [0.2, 0.25) is 0 Å². The van der Waals surface area contributed by atoms with E-state index in [4.69, 9.17) is 5.11 Å². The molecule has 62 valence electrons. The first-order chi connectivity index (χ1) is 5.11. The molecule has 1 heterocycles. The van der Waals surface area contributed by atoms with E-state index in [1.54, 1.807) is 0 Å². The molecule has 0 aromatic carbocycles. The van der Waals surface area contributed by atoms with Gasteiger partial charge in [0, 0.05) is 17.9 Å². The molecular weight excluding hydrogens is 152 g/mol. The molecule has 1 aliphatic rings.